The minimum atomic E-state index is -0.318. The lowest BCUT2D eigenvalue weighted by atomic mass is 10.2. The van der Waals surface area contributed by atoms with E-state index in [9.17, 15) is 14.0 Å². The van der Waals surface area contributed by atoms with Crippen molar-refractivity contribution in [1.82, 2.24) is 9.80 Å². The van der Waals surface area contributed by atoms with Crippen molar-refractivity contribution in [3.63, 3.8) is 0 Å². The average molecular weight is 374 g/mol. The largest absolute Gasteiger partial charge is 0.467 e. The zero-order valence-corrected chi connectivity index (χ0v) is 16.0. The van der Waals surface area contributed by atoms with Crippen LogP contribution in [0.1, 0.15) is 44.4 Å². The molecular formula is C21H27FN2O3. The zero-order chi connectivity index (χ0) is 19.6. The number of rotatable bonds is 10. The monoisotopic (exact) mass is 374 g/mol. The van der Waals surface area contributed by atoms with Gasteiger partial charge in [-0.1, -0.05) is 26.0 Å². The molecule has 0 N–H and O–H groups in total. The Hall–Kier alpha value is -2.63. The van der Waals surface area contributed by atoms with Gasteiger partial charge >= 0.3 is 0 Å². The number of hydrogen-bond donors (Lipinski definition) is 0. The first kappa shape index (κ1) is 20.7. The van der Waals surface area contributed by atoms with Gasteiger partial charge in [0.15, 0.2) is 0 Å². The summed E-state index contributed by atoms with van der Waals surface area (Å²) in [4.78, 5) is 28.5. The highest BCUT2D eigenvalue weighted by Gasteiger charge is 2.21. The number of nitrogens with zero attached hydrogens (tertiary/aromatic N) is 2. The zero-order valence-electron chi connectivity index (χ0n) is 16.0. The second-order valence-corrected chi connectivity index (χ2v) is 6.52. The predicted molar refractivity (Wildman–Crippen MR) is 101 cm³/mol. The molecule has 146 valence electrons. The van der Waals surface area contributed by atoms with Crippen molar-refractivity contribution in [2.75, 3.05) is 13.1 Å². The smallest absolute Gasteiger partial charge is 0.242 e. The van der Waals surface area contributed by atoms with Crippen LogP contribution >= 0.6 is 0 Å². The summed E-state index contributed by atoms with van der Waals surface area (Å²) in [6.07, 6.45) is 3.53. The van der Waals surface area contributed by atoms with E-state index in [1.165, 1.54) is 12.1 Å². The molecule has 2 rings (SSSR count). The number of furan rings is 1. The van der Waals surface area contributed by atoms with Gasteiger partial charge in [0.2, 0.25) is 11.8 Å². The highest BCUT2D eigenvalue weighted by Crippen LogP contribution is 2.13. The number of hydrogen-bond acceptors (Lipinski definition) is 3. The van der Waals surface area contributed by atoms with Gasteiger partial charge in [0.1, 0.15) is 11.6 Å². The van der Waals surface area contributed by atoms with Crippen molar-refractivity contribution in [3.05, 3.63) is 59.8 Å². The first-order valence-corrected chi connectivity index (χ1v) is 9.35. The highest BCUT2D eigenvalue weighted by molar-refractivity contribution is 5.84. The van der Waals surface area contributed by atoms with Crippen LogP contribution in [0.25, 0.3) is 0 Å². The molecule has 0 aliphatic carbocycles. The Kier molecular flexibility index (Phi) is 8.04. The lowest BCUT2D eigenvalue weighted by molar-refractivity contribution is -0.141. The van der Waals surface area contributed by atoms with Crippen LogP contribution in [0.4, 0.5) is 4.39 Å². The second kappa shape index (κ2) is 10.5. The first-order valence-electron chi connectivity index (χ1n) is 9.35. The summed E-state index contributed by atoms with van der Waals surface area (Å²) < 4.78 is 18.5. The Balaban J connectivity index is 2.13. The first-order chi connectivity index (χ1) is 13.0. The van der Waals surface area contributed by atoms with E-state index < -0.39 is 0 Å². The van der Waals surface area contributed by atoms with Crippen molar-refractivity contribution < 1.29 is 18.4 Å². The molecule has 2 aromatic rings. The molecule has 0 aliphatic heterocycles. The summed E-state index contributed by atoms with van der Waals surface area (Å²) in [7, 11) is 0. The maximum atomic E-state index is 13.2. The summed E-state index contributed by atoms with van der Waals surface area (Å²) in [5.74, 6) is 0.176. The molecular weight excluding hydrogens is 347 g/mol. The number of amides is 2. The number of carbonyl (C=O) groups excluding carboxylic acids is 2. The maximum absolute atomic E-state index is 13.2. The van der Waals surface area contributed by atoms with Gasteiger partial charge in [-0.15, -0.1) is 0 Å². The quantitative estimate of drug-likeness (QED) is 0.632. The van der Waals surface area contributed by atoms with Gasteiger partial charge < -0.3 is 14.2 Å². The Morgan fingerprint density at radius 3 is 2.30 bits per heavy atom. The maximum Gasteiger partial charge on any atom is 0.242 e. The molecule has 27 heavy (non-hydrogen) atoms. The molecule has 0 saturated heterocycles. The van der Waals surface area contributed by atoms with Crippen molar-refractivity contribution in [2.45, 2.75) is 46.2 Å². The Labute approximate surface area is 159 Å². The van der Waals surface area contributed by atoms with Crippen LogP contribution in [0.2, 0.25) is 0 Å². The third-order valence-electron chi connectivity index (χ3n) is 4.20. The normalized spacial score (nSPS) is 10.6. The van der Waals surface area contributed by atoms with Crippen LogP contribution in [-0.2, 0) is 22.7 Å². The standard InChI is InChI=1S/C21H27FN2O3/c1-3-6-20(25)23(12-4-2)16-21(26)24(15-19-7-5-13-27-19)14-17-8-10-18(22)11-9-17/h5,7-11,13H,3-4,6,12,14-16H2,1-2H3. The number of carbonyl (C=O) groups is 2. The molecule has 0 fully saturated rings. The third-order valence-corrected chi connectivity index (χ3v) is 4.20. The van der Waals surface area contributed by atoms with Crippen LogP contribution in [0.15, 0.2) is 47.1 Å². The van der Waals surface area contributed by atoms with Crippen molar-refractivity contribution in [3.8, 4) is 0 Å². The van der Waals surface area contributed by atoms with Crippen LogP contribution in [-0.4, -0.2) is 34.7 Å². The van der Waals surface area contributed by atoms with Crippen LogP contribution in [0.3, 0.4) is 0 Å². The number of benzene rings is 1. The topological polar surface area (TPSA) is 53.8 Å². The third kappa shape index (κ3) is 6.55. The van der Waals surface area contributed by atoms with E-state index in [4.69, 9.17) is 4.42 Å². The molecule has 1 aromatic heterocycles. The van der Waals surface area contributed by atoms with Gasteiger partial charge in [-0.25, -0.2) is 4.39 Å². The molecule has 0 unspecified atom stereocenters. The van der Waals surface area contributed by atoms with E-state index in [0.717, 1.165) is 18.4 Å². The molecule has 2 amide bonds. The van der Waals surface area contributed by atoms with E-state index >= 15 is 0 Å². The lowest BCUT2D eigenvalue weighted by Gasteiger charge is -2.27. The van der Waals surface area contributed by atoms with Crippen LogP contribution in [0, 0.1) is 5.82 Å². The highest BCUT2D eigenvalue weighted by atomic mass is 19.1. The van der Waals surface area contributed by atoms with Gasteiger partial charge in [0.25, 0.3) is 0 Å². The summed E-state index contributed by atoms with van der Waals surface area (Å²) in [5, 5.41) is 0. The molecule has 5 nitrogen and oxygen atoms in total. The van der Waals surface area contributed by atoms with Gasteiger partial charge in [0.05, 0.1) is 19.4 Å². The summed E-state index contributed by atoms with van der Waals surface area (Å²) in [5.41, 5.74) is 0.818. The van der Waals surface area contributed by atoms with E-state index in [2.05, 4.69) is 0 Å². The van der Waals surface area contributed by atoms with Gasteiger partial charge in [-0.05, 0) is 42.7 Å². The van der Waals surface area contributed by atoms with Crippen molar-refractivity contribution >= 4 is 11.8 Å². The Bertz CT molecular complexity index is 714. The molecule has 0 aliphatic rings. The fourth-order valence-electron chi connectivity index (χ4n) is 2.83. The van der Waals surface area contributed by atoms with Crippen molar-refractivity contribution in [2.24, 2.45) is 0 Å². The fourth-order valence-corrected chi connectivity index (χ4v) is 2.83. The summed E-state index contributed by atoms with van der Waals surface area (Å²) in [6, 6.07) is 9.63. The molecule has 1 heterocycles. The molecule has 0 spiro atoms. The van der Waals surface area contributed by atoms with Crippen LogP contribution < -0.4 is 0 Å². The average Bonchev–Trinajstić information content (AvgIpc) is 3.16. The predicted octanol–water partition coefficient (Wildman–Crippen LogP) is 3.99. The molecule has 6 heteroatoms. The summed E-state index contributed by atoms with van der Waals surface area (Å²) in [6.45, 7) is 5.13. The number of halogens is 1. The van der Waals surface area contributed by atoms with E-state index in [1.54, 1.807) is 40.3 Å². The lowest BCUT2D eigenvalue weighted by Crippen LogP contribution is -2.42. The van der Waals surface area contributed by atoms with Crippen molar-refractivity contribution in [1.29, 1.82) is 0 Å². The molecule has 0 radical (unpaired) electrons. The molecule has 0 bridgehead atoms. The SMILES string of the molecule is CCCC(=O)N(CCC)CC(=O)N(Cc1ccc(F)cc1)Cc1ccco1. The van der Waals surface area contributed by atoms with Gasteiger partial charge in [-0.2, -0.15) is 0 Å². The Morgan fingerprint density at radius 1 is 0.963 bits per heavy atom. The fraction of sp³-hybridized carbons (Fsp3) is 0.429. The molecule has 1 aromatic carbocycles. The molecule has 0 saturated carbocycles. The molecule has 0 atom stereocenters. The van der Waals surface area contributed by atoms with E-state index in [1.807, 2.05) is 13.8 Å². The van der Waals surface area contributed by atoms with E-state index in [-0.39, 0.29) is 24.2 Å². The minimum Gasteiger partial charge on any atom is -0.467 e. The van der Waals surface area contributed by atoms with Gasteiger partial charge in [0, 0.05) is 19.5 Å². The van der Waals surface area contributed by atoms with E-state index in [0.29, 0.717) is 31.8 Å². The minimum absolute atomic E-state index is 0.00701. The summed E-state index contributed by atoms with van der Waals surface area (Å²) >= 11 is 0. The Morgan fingerprint density at radius 2 is 1.70 bits per heavy atom. The second-order valence-electron chi connectivity index (χ2n) is 6.52. The van der Waals surface area contributed by atoms with Crippen LogP contribution in [0.5, 0.6) is 0 Å². The van der Waals surface area contributed by atoms with Gasteiger partial charge in [-0.3, -0.25) is 9.59 Å².